The molecule has 7 nitrogen and oxygen atoms in total. The number of rotatable bonds is 6. The second-order valence-corrected chi connectivity index (χ2v) is 5.77. The Bertz CT molecular complexity index is 714. The lowest BCUT2D eigenvalue weighted by Crippen LogP contribution is -2.28. The Balaban J connectivity index is 2.34. The molecule has 3 amide bonds. The molecule has 2 rings (SSSR count). The molecule has 1 aromatic carbocycles. The van der Waals surface area contributed by atoms with Gasteiger partial charge in [0.2, 0.25) is 5.91 Å². The van der Waals surface area contributed by atoms with E-state index >= 15 is 0 Å². The van der Waals surface area contributed by atoms with E-state index in [1.165, 1.54) is 11.3 Å². The second-order valence-electron chi connectivity index (χ2n) is 4.77. The minimum absolute atomic E-state index is 0.0614. The smallest absolute Gasteiger partial charge is 0.321 e. The van der Waals surface area contributed by atoms with Gasteiger partial charge in [0.15, 0.2) is 5.13 Å². The third-order valence-electron chi connectivity index (χ3n) is 3.06. The molecule has 124 valence electrons. The Morgan fingerprint density at radius 3 is 2.61 bits per heavy atom. The van der Waals surface area contributed by atoms with E-state index in [-0.39, 0.29) is 18.4 Å². The van der Waals surface area contributed by atoms with Gasteiger partial charge in [0.1, 0.15) is 5.75 Å². The van der Waals surface area contributed by atoms with E-state index in [9.17, 15) is 9.59 Å². The zero-order valence-corrected chi connectivity index (χ0v) is 14.2. The van der Waals surface area contributed by atoms with Crippen LogP contribution in [0.5, 0.6) is 5.75 Å². The van der Waals surface area contributed by atoms with Gasteiger partial charge in [0.05, 0.1) is 23.7 Å². The van der Waals surface area contributed by atoms with Crippen molar-refractivity contribution in [2.75, 3.05) is 25.5 Å². The van der Waals surface area contributed by atoms with Crippen molar-refractivity contribution in [3.8, 4) is 5.75 Å². The summed E-state index contributed by atoms with van der Waals surface area (Å²) in [4.78, 5) is 27.9. The van der Waals surface area contributed by atoms with Gasteiger partial charge in [-0.1, -0.05) is 11.3 Å². The van der Waals surface area contributed by atoms with Crippen molar-refractivity contribution in [1.29, 1.82) is 0 Å². The molecule has 1 aromatic heterocycles. The molecule has 0 spiro atoms. The van der Waals surface area contributed by atoms with Gasteiger partial charge in [-0.3, -0.25) is 10.1 Å². The highest BCUT2D eigenvalue weighted by Gasteiger charge is 2.14. The maximum atomic E-state index is 11.9. The number of methoxy groups -OCH3 is 1. The van der Waals surface area contributed by atoms with Crippen LogP contribution in [0, 0.1) is 0 Å². The SMILES string of the molecule is CCNC(=O)Cc1cc(OC)cc2nc(NC(=O)NCC)sc12. The number of likely N-dealkylation sites (N-methyl/N-ethyl adjacent to an activating group) is 1. The summed E-state index contributed by atoms with van der Waals surface area (Å²) in [5, 5.41) is 8.60. The average Bonchev–Trinajstić information content (AvgIpc) is 2.90. The highest BCUT2D eigenvalue weighted by molar-refractivity contribution is 7.22. The number of anilines is 1. The Labute approximate surface area is 138 Å². The fraction of sp³-hybridized carbons (Fsp3) is 0.400. The summed E-state index contributed by atoms with van der Waals surface area (Å²) in [6, 6.07) is 3.31. The Kier molecular flexibility index (Phi) is 5.75. The summed E-state index contributed by atoms with van der Waals surface area (Å²) in [6.45, 7) is 4.83. The number of carbonyl (C=O) groups excluding carboxylic acids is 2. The van der Waals surface area contributed by atoms with Gasteiger partial charge in [0, 0.05) is 19.2 Å². The number of carbonyl (C=O) groups is 2. The average molecular weight is 336 g/mol. The first-order valence-electron chi connectivity index (χ1n) is 7.36. The molecule has 8 heteroatoms. The van der Waals surface area contributed by atoms with E-state index in [4.69, 9.17) is 4.74 Å². The Morgan fingerprint density at radius 1 is 1.22 bits per heavy atom. The molecule has 2 aromatic rings. The van der Waals surface area contributed by atoms with Gasteiger partial charge in [0.25, 0.3) is 0 Å². The molecule has 0 bridgehead atoms. The van der Waals surface area contributed by atoms with E-state index < -0.39 is 0 Å². The molecule has 0 atom stereocenters. The molecule has 0 aliphatic heterocycles. The van der Waals surface area contributed by atoms with Crippen LogP contribution in [0.3, 0.4) is 0 Å². The summed E-state index contributed by atoms with van der Waals surface area (Å²) in [5.41, 5.74) is 1.52. The highest BCUT2D eigenvalue weighted by atomic mass is 32.1. The number of aromatic nitrogens is 1. The quantitative estimate of drug-likeness (QED) is 0.753. The number of fused-ring (bicyclic) bond motifs is 1. The van der Waals surface area contributed by atoms with Crippen LogP contribution in [0.2, 0.25) is 0 Å². The van der Waals surface area contributed by atoms with Crippen molar-refractivity contribution < 1.29 is 14.3 Å². The first-order chi connectivity index (χ1) is 11.1. The van der Waals surface area contributed by atoms with Crippen molar-refractivity contribution in [3.63, 3.8) is 0 Å². The molecule has 0 unspecified atom stereocenters. The molecule has 23 heavy (non-hydrogen) atoms. The molecule has 1 heterocycles. The molecule has 0 saturated heterocycles. The van der Waals surface area contributed by atoms with E-state index in [1.54, 1.807) is 13.2 Å². The number of hydrogen-bond donors (Lipinski definition) is 3. The summed E-state index contributed by atoms with van der Waals surface area (Å²) < 4.78 is 6.13. The van der Waals surface area contributed by atoms with Crippen LogP contribution in [0.4, 0.5) is 9.93 Å². The lowest BCUT2D eigenvalue weighted by molar-refractivity contribution is -0.120. The van der Waals surface area contributed by atoms with Crippen molar-refractivity contribution in [1.82, 2.24) is 15.6 Å². The third kappa shape index (κ3) is 4.32. The van der Waals surface area contributed by atoms with Crippen molar-refractivity contribution >= 4 is 38.6 Å². The molecule has 0 fully saturated rings. The molecule has 3 N–H and O–H groups in total. The largest absolute Gasteiger partial charge is 0.497 e. The van der Waals surface area contributed by atoms with Crippen LogP contribution in [-0.2, 0) is 11.2 Å². The van der Waals surface area contributed by atoms with Crippen LogP contribution in [0.15, 0.2) is 12.1 Å². The van der Waals surface area contributed by atoms with E-state index in [0.717, 1.165) is 10.3 Å². The Hall–Kier alpha value is -2.35. The number of urea groups is 1. The van der Waals surface area contributed by atoms with Crippen molar-refractivity contribution in [3.05, 3.63) is 17.7 Å². The van der Waals surface area contributed by atoms with Gasteiger partial charge in [-0.25, -0.2) is 9.78 Å². The Morgan fingerprint density at radius 2 is 1.96 bits per heavy atom. The zero-order valence-electron chi connectivity index (χ0n) is 13.4. The maximum absolute atomic E-state index is 11.9. The van der Waals surface area contributed by atoms with Crippen molar-refractivity contribution in [2.45, 2.75) is 20.3 Å². The fourth-order valence-electron chi connectivity index (χ4n) is 2.11. The normalized spacial score (nSPS) is 10.4. The van der Waals surface area contributed by atoms with Gasteiger partial charge in [-0.05, 0) is 25.5 Å². The minimum Gasteiger partial charge on any atom is -0.497 e. The monoisotopic (exact) mass is 336 g/mol. The second kappa shape index (κ2) is 7.77. The summed E-state index contributed by atoms with van der Waals surface area (Å²) in [6.07, 6.45) is 0.240. The molecule has 0 aliphatic carbocycles. The van der Waals surface area contributed by atoms with Crippen LogP contribution >= 0.6 is 11.3 Å². The third-order valence-corrected chi connectivity index (χ3v) is 4.12. The van der Waals surface area contributed by atoms with Crippen molar-refractivity contribution in [2.24, 2.45) is 0 Å². The van der Waals surface area contributed by atoms with E-state index in [2.05, 4.69) is 20.9 Å². The minimum atomic E-state index is -0.302. The molecular weight excluding hydrogens is 316 g/mol. The number of nitrogens with one attached hydrogen (secondary N) is 3. The van der Waals surface area contributed by atoms with Gasteiger partial charge in [-0.2, -0.15) is 0 Å². The van der Waals surface area contributed by atoms with Crippen LogP contribution in [0.25, 0.3) is 10.2 Å². The lowest BCUT2D eigenvalue weighted by Gasteiger charge is -2.06. The number of benzene rings is 1. The lowest BCUT2D eigenvalue weighted by atomic mass is 10.1. The first-order valence-corrected chi connectivity index (χ1v) is 8.18. The number of thiazole rings is 1. The molecular formula is C15H20N4O3S. The molecule has 0 saturated carbocycles. The zero-order chi connectivity index (χ0) is 16.8. The first kappa shape index (κ1) is 17.0. The van der Waals surface area contributed by atoms with Gasteiger partial charge < -0.3 is 15.4 Å². The highest BCUT2D eigenvalue weighted by Crippen LogP contribution is 2.32. The molecule has 0 radical (unpaired) electrons. The molecule has 0 aliphatic rings. The summed E-state index contributed by atoms with van der Waals surface area (Å²) >= 11 is 1.34. The van der Waals surface area contributed by atoms with Crippen LogP contribution in [0.1, 0.15) is 19.4 Å². The van der Waals surface area contributed by atoms with E-state index in [1.807, 2.05) is 19.9 Å². The predicted octanol–water partition coefficient (Wildman–Crippen LogP) is 2.12. The standard InChI is InChI=1S/C15H20N4O3S/c1-4-16-12(20)7-9-6-10(22-3)8-11-13(9)23-15(18-11)19-14(21)17-5-2/h6,8H,4-5,7H2,1-3H3,(H,16,20)(H2,17,18,19,21). The summed E-state index contributed by atoms with van der Waals surface area (Å²) in [7, 11) is 1.57. The fourth-order valence-corrected chi connectivity index (χ4v) is 3.06. The summed E-state index contributed by atoms with van der Waals surface area (Å²) in [5.74, 6) is 0.570. The van der Waals surface area contributed by atoms with Gasteiger partial charge >= 0.3 is 6.03 Å². The number of amides is 3. The van der Waals surface area contributed by atoms with E-state index in [0.29, 0.717) is 29.5 Å². The number of ether oxygens (including phenoxy) is 1. The number of hydrogen-bond acceptors (Lipinski definition) is 5. The van der Waals surface area contributed by atoms with Crippen LogP contribution < -0.4 is 20.7 Å². The predicted molar refractivity (Wildman–Crippen MR) is 91.3 cm³/mol. The van der Waals surface area contributed by atoms with Crippen LogP contribution in [-0.4, -0.2) is 37.1 Å². The van der Waals surface area contributed by atoms with Gasteiger partial charge in [-0.15, -0.1) is 0 Å². The maximum Gasteiger partial charge on any atom is 0.321 e. The topological polar surface area (TPSA) is 92.3 Å². The number of nitrogens with zero attached hydrogens (tertiary/aromatic N) is 1.